The minimum absolute atomic E-state index is 0.128. The number of fused-ring (bicyclic) bond motifs is 2. The van der Waals surface area contributed by atoms with Crippen molar-refractivity contribution in [3.05, 3.63) is 101 Å². The minimum atomic E-state index is -0.274. The number of rotatable bonds is 8. The molecule has 2 aromatic heterocycles. The van der Waals surface area contributed by atoms with Crippen molar-refractivity contribution in [3.8, 4) is 5.75 Å². The number of hydrogen-bond acceptors (Lipinski definition) is 4. The average Bonchev–Trinajstić information content (AvgIpc) is 3.47. The Balaban J connectivity index is 1.31. The predicted octanol–water partition coefficient (Wildman–Crippen LogP) is 5.61. The van der Waals surface area contributed by atoms with Crippen molar-refractivity contribution in [3.63, 3.8) is 0 Å². The smallest absolute Gasteiger partial charge is 0.261 e. The third-order valence-corrected chi connectivity index (χ3v) is 7.03. The highest BCUT2D eigenvalue weighted by Gasteiger charge is 2.38. The quantitative estimate of drug-likeness (QED) is 0.317. The lowest BCUT2D eigenvalue weighted by molar-refractivity contribution is 0.0640. The van der Waals surface area contributed by atoms with Crippen molar-refractivity contribution in [2.45, 2.75) is 45.3 Å². The van der Waals surface area contributed by atoms with Crippen LogP contribution >= 0.6 is 0 Å². The van der Waals surface area contributed by atoms with Gasteiger partial charge in [0.15, 0.2) is 11.4 Å². The molecule has 1 saturated carbocycles. The molecule has 6 heteroatoms. The summed E-state index contributed by atoms with van der Waals surface area (Å²) in [6.45, 7) is 2.81. The van der Waals surface area contributed by atoms with Crippen LogP contribution in [0.2, 0.25) is 0 Å². The maximum atomic E-state index is 12.8. The molecular formula is C29H27N3O3. The highest BCUT2D eigenvalue weighted by molar-refractivity contribution is 6.21. The molecule has 0 saturated heterocycles. The van der Waals surface area contributed by atoms with Crippen molar-refractivity contribution in [1.82, 2.24) is 14.3 Å². The van der Waals surface area contributed by atoms with Crippen LogP contribution in [-0.2, 0) is 13.2 Å². The predicted molar refractivity (Wildman–Crippen MR) is 132 cm³/mol. The molecule has 1 aliphatic carbocycles. The molecule has 176 valence electrons. The van der Waals surface area contributed by atoms with E-state index in [2.05, 4.69) is 19.2 Å². The lowest BCUT2D eigenvalue weighted by atomic mass is 10.1. The summed E-state index contributed by atoms with van der Waals surface area (Å²) < 4.78 is 8.26. The standard InChI is InChI=1S/C29H27N3O3/c1-2-8-20-13-25(20)21-14-26(35-18-19-9-4-3-5-10-19)27-30-22(16-31(27)15-21)17-32-28(33)23-11-6-7-12-24(23)29(32)34/h3-7,9-12,14-16,20,25H,2,8,13,17-18H2,1H3. The van der Waals surface area contributed by atoms with E-state index >= 15 is 0 Å². The molecule has 6 rings (SSSR count). The van der Waals surface area contributed by atoms with Crippen LogP contribution in [-0.4, -0.2) is 26.1 Å². The number of amides is 2. The zero-order valence-corrected chi connectivity index (χ0v) is 19.7. The Morgan fingerprint density at radius 3 is 2.40 bits per heavy atom. The summed E-state index contributed by atoms with van der Waals surface area (Å²) in [5, 5.41) is 0. The third kappa shape index (κ3) is 3.99. The summed E-state index contributed by atoms with van der Waals surface area (Å²) in [7, 11) is 0. The summed E-state index contributed by atoms with van der Waals surface area (Å²) in [5.41, 5.74) is 4.59. The molecule has 2 aliphatic rings. The molecule has 6 nitrogen and oxygen atoms in total. The van der Waals surface area contributed by atoms with Crippen LogP contribution in [0.3, 0.4) is 0 Å². The second kappa shape index (κ2) is 8.69. The number of nitrogens with zero attached hydrogens (tertiary/aromatic N) is 3. The Labute approximate surface area is 204 Å². The molecule has 0 radical (unpaired) electrons. The summed E-state index contributed by atoms with van der Waals surface area (Å²) >= 11 is 0. The van der Waals surface area contributed by atoms with Gasteiger partial charge in [-0.15, -0.1) is 0 Å². The van der Waals surface area contributed by atoms with E-state index in [0.29, 0.717) is 35.0 Å². The molecule has 0 N–H and O–H groups in total. The Kier molecular flexibility index (Phi) is 5.36. The molecule has 0 bridgehead atoms. The van der Waals surface area contributed by atoms with Gasteiger partial charge in [0, 0.05) is 12.4 Å². The number of aromatic nitrogens is 2. The summed E-state index contributed by atoms with van der Waals surface area (Å²) in [6, 6.07) is 19.1. The zero-order valence-electron chi connectivity index (χ0n) is 19.7. The van der Waals surface area contributed by atoms with Crippen LogP contribution in [0.4, 0.5) is 0 Å². The lowest BCUT2D eigenvalue weighted by Gasteiger charge is -2.11. The Hall–Kier alpha value is -3.93. The molecular weight excluding hydrogens is 438 g/mol. The van der Waals surface area contributed by atoms with Gasteiger partial charge in [-0.05, 0) is 47.6 Å². The number of benzene rings is 2. The van der Waals surface area contributed by atoms with Crippen LogP contribution in [0.1, 0.15) is 69.6 Å². The number of carbonyl (C=O) groups is 2. The van der Waals surface area contributed by atoms with E-state index in [0.717, 1.165) is 17.2 Å². The highest BCUT2D eigenvalue weighted by Crippen LogP contribution is 2.50. The first-order valence-corrected chi connectivity index (χ1v) is 12.3. The topological polar surface area (TPSA) is 63.9 Å². The Morgan fingerprint density at radius 1 is 0.971 bits per heavy atom. The van der Waals surface area contributed by atoms with Gasteiger partial charge in [0.1, 0.15) is 6.61 Å². The molecule has 35 heavy (non-hydrogen) atoms. The molecule has 0 spiro atoms. The minimum Gasteiger partial charge on any atom is -0.485 e. The van der Waals surface area contributed by atoms with Gasteiger partial charge in [-0.25, -0.2) is 4.98 Å². The molecule has 2 unspecified atom stereocenters. The van der Waals surface area contributed by atoms with Crippen molar-refractivity contribution in [2.75, 3.05) is 0 Å². The molecule has 1 aliphatic heterocycles. The van der Waals surface area contributed by atoms with Crippen molar-refractivity contribution >= 4 is 17.5 Å². The number of pyridine rings is 1. The van der Waals surface area contributed by atoms with E-state index in [1.807, 2.05) is 40.9 Å². The van der Waals surface area contributed by atoms with Gasteiger partial charge in [-0.3, -0.25) is 14.5 Å². The van der Waals surface area contributed by atoms with E-state index in [4.69, 9.17) is 9.72 Å². The van der Waals surface area contributed by atoms with E-state index < -0.39 is 0 Å². The second-order valence-corrected chi connectivity index (χ2v) is 9.51. The van der Waals surface area contributed by atoms with E-state index in [-0.39, 0.29) is 18.4 Å². The zero-order chi connectivity index (χ0) is 23.9. The fourth-order valence-corrected chi connectivity index (χ4v) is 5.15. The molecule has 2 atom stereocenters. The fourth-order valence-electron chi connectivity index (χ4n) is 5.15. The SMILES string of the molecule is CCCC1CC1c1cc(OCc2ccccc2)c2nc(CN3C(=O)c4ccccc4C3=O)cn2c1. The first-order valence-electron chi connectivity index (χ1n) is 12.3. The summed E-state index contributed by atoms with van der Waals surface area (Å²) in [5.74, 6) is 1.44. The number of ether oxygens (including phenoxy) is 1. The van der Waals surface area contributed by atoms with Gasteiger partial charge in [-0.1, -0.05) is 62.2 Å². The average molecular weight is 466 g/mol. The van der Waals surface area contributed by atoms with Crippen molar-refractivity contribution < 1.29 is 14.3 Å². The summed E-state index contributed by atoms with van der Waals surface area (Å²) in [4.78, 5) is 31.8. The van der Waals surface area contributed by atoms with Gasteiger partial charge in [-0.2, -0.15) is 0 Å². The molecule has 4 aromatic rings. The monoisotopic (exact) mass is 465 g/mol. The molecule has 1 fully saturated rings. The molecule has 2 amide bonds. The third-order valence-electron chi connectivity index (χ3n) is 7.03. The number of imide groups is 1. The Morgan fingerprint density at radius 2 is 1.69 bits per heavy atom. The molecule has 3 heterocycles. The highest BCUT2D eigenvalue weighted by atomic mass is 16.5. The normalized spacial score (nSPS) is 18.8. The Bertz CT molecular complexity index is 1390. The van der Waals surface area contributed by atoms with Gasteiger partial charge in [0.2, 0.25) is 0 Å². The van der Waals surface area contributed by atoms with E-state index in [9.17, 15) is 9.59 Å². The van der Waals surface area contributed by atoms with Gasteiger partial charge in [0.25, 0.3) is 11.8 Å². The van der Waals surface area contributed by atoms with Crippen molar-refractivity contribution in [2.24, 2.45) is 5.92 Å². The first-order chi connectivity index (χ1) is 17.1. The maximum absolute atomic E-state index is 12.8. The van der Waals surface area contributed by atoms with Gasteiger partial charge in [0.05, 0.1) is 23.4 Å². The van der Waals surface area contributed by atoms with Crippen LogP contribution in [0.15, 0.2) is 73.1 Å². The van der Waals surface area contributed by atoms with Crippen LogP contribution in [0.25, 0.3) is 5.65 Å². The van der Waals surface area contributed by atoms with E-state index in [1.165, 1.54) is 29.7 Å². The van der Waals surface area contributed by atoms with E-state index in [1.54, 1.807) is 24.3 Å². The van der Waals surface area contributed by atoms with Crippen LogP contribution in [0, 0.1) is 5.92 Å². The number of imidazole rings is 1. The van der Waals surface area contributed by atoms with Gasteiger partial charge < -0.3 is 9.14 Å². The maximum Gasteiger partial charge on any atom is 0.261 e. The van der Waals surface area contributed by atoms with Crippen LogP contribution in [0.5, 0.6) is 5.75 Å². The number of hydrogen-bond donors (Lipinski definition) is 0. The lowest BCUT2D eigenvalue weighted by Crippen LogP contribution is -2.29. The number of carbonyl (C=O) groups excluding carboxylic acids is 2. The van der Waals surface area contributed by atoms with Crippen molar-refractivity contribution in [1.29, 1.82) is 0 Å². The fraction of sp³-hybridized carbons (Fsp3) is 0.276. The largest absolute Gasteiger partial charge is 0.485 e. The van der Waals surface area contributed by atoms with Crippen LogP contribution < -0.4 is 4.74 Å². The molecule has 2 aromatic carbocycles. The second-order valence-electron chi connectivity index (χ2n) is 9.51. The van der Waals surface area contributed by atoms with Gasteiger partial charge >= 0.3 is 0 Å². The first kappa shape index (κ1) is 21.6. The summed E-state index contributed by atoms with van der Waals surface area (Å²) in [6.07, 6.45) is 7.67.